The van der Waals surface area contributed by atoms with E-state index in [1.165, 1.54) is 23.6 Å². The summed E-state index contributed by atoms with van der Waals surface area (Å²) in [6, 6.07) is 13.7. The van der Waals surface area contributed by atoms with Crippen molar-refractivity contribution in [3.8, 4) is 16.5 Å². The number of nitrogens with one attached hydrogen (secondary N) is 1. The van der Waals surface area contributed by atoms with Gasteiger partial charge in [0.1, 0.15) is 11.6 Å². The number of nitrogens with zero attached hydrogens (tertiary/aromatic N) is 5. The molecule has 1 aliphatic heterocycles. The smallest absolute Gasteiger partial charge is 0.268 e. The number of aliphatic hydroxyl groups excluding tert-OH is 1. The van der Waals surface area contributed by atoms with Gasteiger partial charge in [-0.1, -0.05) is 26.0 Å². The number of hydrogen-bond acceptors (Lipinski definition) is 7. The number of likely N-dealkylation sites (tertiary alicyclic amines) is 1. The molecule has 0 bridgehead atoms. The number of carbonyl (C=O) groups excluding carboxylic acids is 2. The summed E-state index contributed by atoms with van der Waals surface area (Å²) in [5.41, 5.74) is 2.78. The van der Waals surface area contributed by atoms with Crippen LogP contribution in [0.3, 0.4) is 0 Å². The molecule has 11 heteroatoms. The fourth-order valence-electron chi connectivity index (χ4n) is 5.04. The summed E-state index contributed by atoms with van der Waals surface area (Å²) < 4.78 is 15.5. The van der Waals surface area contributed by atoms with Gasteiger partial charge in [-0.3, -0.25) is 14.9 Å². The van der Waals surface area contributed by atoms with Gasteiger partial charge >= 0.3 is 0 Å². The Labute approximate surface area is 240 Å². The minimum Gasteiger partial charge on any atom is -0.392 e. The Hall–Kier alpha value is -4.40. The number of amides is 2. The molecule has 1 aromatic carbocycles. The second-order valence-electron chi connectivity index (χ2n) is 10.2. The predicted molar refractivity (Wildman–Crippen MR) is 154 cm³/mol. The summed E-state index contributed by atoms with van der Waals surface area (Å²) in [6.07, 6.45) is 4.60. The zero-order valence-corrected chi connectivity index (χ0v) is 23.5. The van der Waals surface area contributed by atoms with E-state index >= 15 is 0 Å². The summed E-state index contributed by atoms with van der Waals surface area (Å²) in [7, 11) is 0. The third-order valence-electron chi connectivity index (χ3n) is 6.94. The van der Waals surface area contributed by atoms with Crippen LogP contribution in [-0.2, 0) is 17.9 Å². The van der Waals surface area contributed by atoms with E-state index in [9.17, 15) is 24.3 Å². The van der Waals surface area contributed by atoms with E-state index in [1.807, 2.05) is 24.5 Å². The van der Waals surface area contributed by atoms with Crippen molar-refractivity contribution >= 4 is 40.1 Å². The minimum absolute atomic E-state index is 0.0603. The number of aliphatic hydroxyl groups is 1. The molecule has 1 aliphatic rings. The number of fused-ring (bicyclic) bond motifs is 1. The fraction of sp³-hybridized carbons (Fsp3) is 0.300. The van der Waals surface area contributed by atoms with Crippen LogP contribution in [-0.4, -0.2) is 48.9 Å². The zero-order valence-electron chi connectivity index (χ0n) is 22.7. The molecule has 2 N–H and O–H groups in total. The molecule has 0 spiro atoms. The highest BCUT2D eigenvalue weighted by atomic mass is 32.1. The first-order chi connectivity index (χ1) is 19.8. The highest BCUT2D eigenvalue weighted by Gasteiger charge is 2.32. The Morgan fingerprint density at radius 3 is 2.83 bits per heavy atom. The van der Waals surface area contributed by atoms with Crippen LogP contribution >= 0.6 is 11.3 Å². The van der Waals surface area contributed by atoms with Crippen molar-refractivity contribution in [1.82, 2.24) is 19.4 Å². The van der Waals surface area contributed by atoms with E-state index in [4.69, 9.17) is 0 Å². The molecule has 1 saturated heterocycles. The highest BCUT2D eigenvalue weighted by Crippen LogP contribution is 2.30. The van der Waals surface area contributed by atoms with Gasteiger partial charge < -0.3 is 14.6 Å². The van der Waals surface area contributed by atoms with Crippen LogP contribution in [0, 0.1) is 23.2 Å². The Bertz CT molecular complexity index is 1680. The number of thiophene rings is 1. The number of aromatic nitrogens is 3. The van der Waals surface area contributed by atoms with Crippen LogP contribution in [0.5, 0.6) is 0 Å². The molecule has 9 nitrogen and oxygen atoms in total. The molecule has 41 heavy (non-hydrogen) atoms. The number of nitriles is 1. The van der Waals surface area contributed by atoms with E-state index in [0.717, 1.165) is 23.2 Å². The van der Waals surface area contributed by atoms with Crippen LogP contribution in [0.1, 0.15) is 41.9 Å². The zero-order chi connectivity index (χ0) is 29.1. The molecule has 5 rings (SSSR count). The van der Waals surface area contributed by atoms with Crippen LogP contribution in [0.25, 0.3) is 21.5 Å². The number of halogens is 1. The Balaban J connectivity index is 1.45. The van der Waals surface area contributed by atoms with Gasteiger partial charge in [0.25, 0.3) is 11.8 Å². The summed E-state index contributed by atoms with van der Waals surface area (Å²) >= 11 is 1.22. The number of anilines is 1. The number of carbonyl (C=O) groups is 2. The molecule has 1 atom stereocenters. The van der Waals surface area contributed by atoms with Crippen molar-refractivity contribution in [2.75, 3.05) is 11.9 Å². The molecule has 0 aliphatic carbocycles. The Morgan fingerprint density at radius 2 is 2.10 bits per heavy atom. The maximum absolute atomic E-state index is 13.6. The summed E-state index contributed by atoms with van der Waals surface area (Å²) in [6.45, 7) is 4.60. The van der Waals surface area contributed by atoms with Gasteiger partial charge in [-0.15, -0.1) is 11.3 Å². The molecular formula is C30H29FN6O3S. The molecule has 4 aromatic rings. The van der Waals surface area contributed by atoms with Crippen LogP contribution < -0.4 is 5.32 Å². The summed E-state index contributed by atoms with van der Waals surface area (Å²) in [5.74, 6) is -0.896. The average Bonchev–Trinajstić information content (AvgIpc) is 3.71. The largest absolute Gasteiger partial charge is 0.392 e. The topological polar surface area (TPSA) is 124 Å². The van der Waals surface area contributed by atoms with Crippen molar-refractivity contribution in [2.45, 2.75) is 45.9 Å². The Kier molecular flexibility index (Phi) is 8.23. The first-order valence-corrected chi connectivity index (χ1v) is 14.1. The number of allylic oxidation sites excluding steroid dienone is 1. The molecular weight excluding hydrogens is 543 g/mol. The van der Waals surface area contributed by atoms with Crippen LogP contribution in [0.2, 0.25) is 0 Å². The van der Waals surface area contributed by atoms with Crippen molar-refractivity contribution in [2.24, 2.45) is 5.92 Å². The molecule has 0 unspecified atom stereocenters. The van der Waals surface area contributed by atoms with Crippen molar-refractivity contribution < 1.29 is 19.1 Å². The van der Waals surface area contributed by atoms with E-state index in [2.05, 4.69) is 21.4 Å². The highest BCUT2D eigenvalue weighted by molar-refractivity contribution is 7.17. The van der Waals surface area contributed by atoms with E-state index < -0.39 is 5.95 Å². The summed E-state index contributed by atoms with van der Waals surface area (Å²) in [5, 5.41) is 22.2. The Morgan fingerprint density at radius 1 is 1.27 bits per heavy atom. The van der Waals surface area contributed by atoms with E-state index in [1.54, 1.807) is 41.3 Å². The van der Waals surface area contributed by atoms with E-state index in [-0.39, 0.29) is 36.0 Å². The second-order valence-corrected chi connectivity index (χ2v) is 11.3. The number of imidazole rings is 1. The molecule has 1 fully saturated rings. The standard InChI is InChI=1S/C30H29FN6O3S/c1-18(2)12-21(15-32)29(40)36-11-3-4-22(36)16-37-24-6-5-19(17-38)13-23(24)34-30(37)35-28(39)26-8-7-25(41-26)20-9-10-33-27(31)14-20/h5-10,12-14,18,22,38H,3-4,11,16-17H2,1-2H3,(H,34,35,39)/t22-/m1/s1. The monoisotopic (exact) mass is 572 g/mol. The molecule has 210 valence electrons. The maximum atomic E-state index is 13.6. The van der Waals surface area contributed by atoms with Crippen molar-refractivity contribution in [3.63, 3.8) is 0 Å². The lowest BCUT2D eigenvalue weighted by atomic mass is 10.1. The van der Waals surface area contributed by atoms with Gasteiger partial charge in [-0.05, 0) is 60.2 Å². The molecule has 3 aromatic heterocycles. The lowest BCUT2D eigenvalue weighted by molar-refractivity contribution is -0.127. The third kappa shape index (κ3) is 6.04. The lowest BCUT2D eigenvalue weighted by Crippen LogP contribution is -2.39. The number of pyridine rings is 1. The van der Waals surface area contributed by atoms with Crippen molar-refractivity contribution in [1.29, 1.82) is 5.26 Å². The first-order valence-electron chi connectivity index (χ1n) is 13.3. The SMILES string of the molecule is CC(C)C=C(C#N)C(=O)N1CCC[C@@H]1Cn1c(NC(=O)c2ccc(-c3ccnc(F)c3)s2)nc2cc(CO)ccc21. The first kappa shape index (κ1) is 28.1. The van der Waals surface area contributed by atoms with Gasteiger partial charge in [0.05, 0.1) is 28.6 Å². The van der Waals surface area contributed by atoms with Crippen LogP contribution in [0.15, 0.2) is 60.3 Å². The predicted octanol–water partition coefficient (Wildman–Crippen LogP) is 5.14. The van der Waals surface area contributed by atoms with Crippen molar-refractivity contribution in [3.05, 3.63) is 76.7 Å². The van der Waals surface area contributed by atoms with Crippen LogP contribution in [0.4, 0.5) is 10.3 Å². The summed E-state index contributed by atoms with van der Waals surface area (Å²) in [4.78, 5) is 37.7. The number of benzene rings is 1. The second kappa shape index (κ2) is 12.0. The lowest BCUT2D eigenvalue weighted by Gasteiger charge is -2.26. The average molecular weight is 573 g/mol. The van der Waals surface area contributed by atoms with Gasteiger partial charge in [-0.25, -0.2) is 9.97 Å². The van der Waals surface area contributed by atoms with Gasteiger partial charge in [-0.2, -0.15) is 9.65 Å². The molecule has 0 radical (unpaired) electrons. The van der Waals surface area contributed by atoms with Gasteiger partial charge in [0.2, 0.25) is 11.9 Å². The minimum atomic E-state index is -0.598. The molecule has 0 saturated carbocycles. The number of rotatable bonds is 8. The molecule has 2 amide bonds. The quantitative estimate of drug-likeness (QED) is 0.171. The fourth-order valence-corrected chi connectivity index (χ4v) is 5.93. The van der Waals surface area contributed by atoms with E-state index in [0.29, 0.717) is 40.6 Å². The third-order valence-corrected chi connectivity index (χ3v) is 8.08. The van der Waals surface area contributed by atoms with Gasteiger partial charge in [0.15, 0.2) is 0 Å². The normalized spacial score (nSPS) is 15.5. The maximum Gasteiger partial charge on any atom is 0.268 e. The van der Waals surface area contributed by atoms with Gasteiger partial charge in [0, 0.05) is 30.2 Å². The molecule has 4 heterocycles. The number of hydrogen-bond donors (Lipinski definition) is 2.